The minimum atomic E-state index is -0.161. The van der Waals surface area contributed by atoms with Crippen LogP contribution < -0.4 is 5.43 Å². The average Bonchev–Trinajstić information content (AvgIpc) is 2.48. The van der Waals surface area contributed by atoms with Crippen molar-refractivity contribution in [2.24, 2.45) is 0 Å². The van der Waals surface area contributed by atoms with Crippen molar-refractivity contribution in [2.45, 2.75) is 4.90 Å². The van der Waals surface area contributed by atoms with E-state index in [4.69, 9.17) is 4.42 Å². The van der Waals surface area contributed by atoms with Gasteiger partial charge < -0.3 is 14.6 Å². The van der Waals surface area contributed by atoms with Gasteiger partial charge in [0.05, 0.1) is 10.9 Å². The van der Waals surface area contributed by atoms with E-state index in [1.807, 2.05) is 6.26 Å². The second-order valence-corrected chi connectivity index (χ2v) is 5.39. The molecule has 0 spiro atoms. The van der Waals surface area contributed by atoms with Crippen molar-refractivity contribution in [2.75, 3.05) is 6.26 Å². The number of phenolic OH excluding ortho intramolecular Hbond substituents is 2. The Bertz CT molecular complexity index is 866. The Morgan fingerprint density at radius 1 is 1.05 bits per heavy atom. The Hall–Kier alpha value is -2.40. The first-order valence-electron chi connectivity index (χ1n) is 6.22. The van der Waals surface area contributed by atoms with Crippen molar-refractivity contribution in [1.82, 2.24) is 0 Å². The molecule has 0 saturated carbocycles. The normalized spacial score (nSPS) is 10.9. The standard InChI is InChI=1S/C16H12O4S/c1-21-14-7-11(18)6-13-15(14)16(19)12(8-20-13)9-2-4-10(17)5-3-9/h2-8,17-18H,1H3. The van der Waals surface area contributed by atoms with Gasteiger partial charge in [-0.1, -0.05) is 12.1 Å². The van der Waals surface area contributed by atoms with E-state index in [9.17, 15) is 15.0 Å². The Morgan fingerprint density at radius 2 is 1.76 bits per heavy atom. The molecule has 106 valence electrons. The second kappa shape index (κ2) is 5.18. The molecule has 2 aromatic carbocycles. The van der Waals surface area contributed by atoms with Crippen LogP contribution in [-0.2, 0) is 0 Å². The molecule has 0 fully saturated rings. The molecule has 0 bridgehead atoms. The molecule has 1 aromatic heterocycles. The van der Waals surface area contributed by atoms with Gasteiger partial charge in [0.15, 0.2) is 0 Å². The molecule has 21 heavy (non-hydrogen) atoms. The predicted molar refractivity (Wildman–Crippen MR) is 83.0 cm³/mol. The van der Waals surface area contributed by atoms with E-state index in [1.54, 1.807) is 18.2 Å². The summed E-state index contributed by atoms with van der Waals surface area (Å²) in [6, 6.07) is 9.33. The molecule has 0 aliphatic carbocycles. The third-order valence-corrected chi connectivity index (χ3v) is 3.99. The van der Waals surface area contributed by atoms with Crippen LogP contribution in [-0.4, -0.2) is 16.5 Å². The summed E-state index contributed by atoms with van der Waals surface area (Å²) in [5.41, 5.74) is 1.28. The fourth-order valence-corrected chi connectivity index (χ4v) is 2.84. The summed E-state index contributed by atoms with van der Waals surface area (Å²) in [4.78, 5) is 13.4. The molecule has 5 heteroatoms. The molecule has 4 nitrogen and oxygen atoms in total. The van der Waals surface area contributed by atoms with E-state index in [-0.39, 0.29) is 16.9 Å². The molecule has 1 heterocycles. The highest BCUT2D eigenvalue weighted by Gasteiger charge is 2.13. The second-order valence-electron chi connectivity index (χ2n) is 4.55. The van der Waals surface area contributed by atoms with Gasteiger partial charge in [0.2, 0.25) is 5.43 Å². The molecule has 2 N–H and O–H groups in total. The van der Waals surface area contributed by atoms with Gasteiger partial charge in [0.25, 0.3) is 0 Å². The number of thioether (sulfide) groups is 1. The molecule has 3 aromatic rings. The van der Waals surface area contributed by atoms with Gasteiger partial charge in [0.1, 0.15) is 23.3 Å². The van der Waals surface area contributed by atoms with Crippen molar-refractivity contribution in [3.05, 3.63) is 52.9 Å². The van der Waals surface area contributed by atoms with Crippen molar-refractivity contribution in [3.8, 4) is 22.6 Å². The molecule has 3 rings (SSSR count). The lowest BCUT2D eigenvalue weighted by Crippen LogP contribution is -2.05. The highest BCUT2D eigenvalue weighted by Crippen LogP contribution is 2.30. The zero-order chi connectivity index (χ0) is 15.0. The minimum Gasteiger partial charge on any atom is -0.508 e. The number of aromatic hydroxyl groups is 2. The van der Waals surface area contributed by atoms with Gasteiger partial charge in [-0.25, -0.2) is 0 Å². The van der Waals surface area contributed by atoms with Gasteiger partial charge >= 0.3 is 0 Å². The van der Waals surface area contributed by atoms with E-state index in [0.717, 1.165) is 0 Å². The molecule has 0 aliphatic rings. The first-order chi connectivity index (χ1) is 10.1. The molecule has 0 aliphatic heterocycles. The maximum absolute atomic E-state index is 12.7. The molecule has 0 saturated heterocycles. The van der Waals surface area contributed by atoms with Gasteiger partial charge in [-0.3, -0.25) is 4.79 Å². The highest BCUT2D eigenvalue weighted by atomic mass is 32.2. The zero-order valence-electron chi connectivity index (χ0n) is 11.2. The average molecular weight is 300 g/mol. The maximum atomic E-state index is 12.7. The monoisotopic (exact) mass is 300 g/mol. The quantitative estimate of drug-likeness (QED) is 0.708. The summed E-state index contributed by atoms with van der Waals surface area (Å²) < 4.78 is 5.50. The molecular weight excluding hydrogens is 288 g/mol. The third-order valence-electron chi connectivity index (χ3n) is 3.22. The molecular formula is C16H12O4S. The van der Waals surface area contributed by atoms with Gasteiger partial charge in [-0.05, 0) is 30.0 Å². The summed E-state index contributed by atoms with van der Waals surface area (Å²) >= 11 is 1.37. The van der Waals surface area contributed by atoms with Crippen molar-refractivity contribution in [1.29, 1.82) is 0 Å². The molecule has 0 radical (unpaired) electrons. The molecule has 0 unspecified atom stereocenters. The van der Waals surface area contributed by atoms with Gasteiger partial charge in [-0.2, -0.15) is 0 Å². The molecule has 0 atom stereocenters. The summed E-state index contributed by atoms with van der Waals surface area (Å²) in [5.74, 6) is 0.200. The lowest BCUT2D eigenvalue weighted by Gasteiger charge is -2.07. The SMILES string of the molecule is CSc1cc(O)cc2occ(-c3ccc(O)cc3)c(=O)c12. The van der Waals surface area contributed by atoms with Crippen molar-refractivity contribution < 1.29 is 14.6 Å². The summed E-state index contributed by atoms with van der Waals surface area (Å²) in [6.07, 6.45) is 3.21. The summed E-state index contributed by atoms with van der Waals surface area (Å²) in [6.45, 7) is 0. The van der Waals surface area contributed by atoms with E-state index < -0.39 is 0 Å². The highest BCUT2D eigenvalue weighted by molar-refractivity contribution is 7.98. The van der Waals surface area contributed by atoms with E-state index in [0.29, 0.717) is 27.0 Å². The molecule has 0 amide bonds. The van der Waals surface area contributed by atoms with Gasteiger partial charge in [0, 0.05) is 11.0 Å². The number of fused-ring (bicyclic) bond motifs is 1. The summed E-state index contributed by atoms with van der Waals surface area (Å²) in [7, 11) is 0. The maximum Gasteiger partial charge on any atom is 0.201 e. The Kier molecular flexibility index (Phi) is 3.35. The van der Waals surface area contributed by atoms with Crippen LogP contribution >= 0.6 is 11.8 Å². The number of hydrogen-bond acceptors (Lipinski definition) is 5. The first kappa shape index (κ1) is 13.6. The smallest absolute Gasteiger partial charge is 0.201 e. The Balaban J connectivity index is 2.32. The zero-order valence-corrected chi connectivity index (χ0v) is 12.0. The minimum absolute atomic E-state index is 0.0624. The van der Waals surface area contributed by atoms with Crippen LogP contribution in [0.3, 0.4) is 0 Å². The van der Waals surface area contributed by atoms with Crippen LogP contribution in [0.2, 0.25) is 0 Å². The third kappa shape index (κ3) is 2.36. The van der Waals surface area contributed by atoms with Crippen LogP contribution in [0, 0.1) is 0 Å². The predicted octanol–water partition coefficient (Wildman–Crippen LogP) is 3.59. The topological polar surface area (TPSA) is 70.7 Å². The van der Waals surface area contributed by atoms with Gasteiger partial charge in [-0.15, -0.1) is 11.8 Å². The fourth-order valence-electron chi connectivity index (χ4n) is 2.20. The van der Waals surface area contributed by atoms with Crippen molar-refractivity contribution in [3.63, 3.8) is 0 Å². The van der Waals surface area contributed by atoms with E-state index in [1.165, 1.54) is 36.2 Å². The van der Waals surface area contributed by atoms with E-state index >= 15 is 0 Å². The number of benzene rings is 2. The van der Waals surface area contributed by atoms with E-state index in [2.05, 4.69) is 0 Å². The van der Waals surface area contributed by atoms with Crippen LogP contribution in [0.25, 0.3) is 22.1 Å². The van der Waals surface area contributed by atoms with Crippen LogP contribution in [0.1, 0.15) is 0 Å². The lowest BCUT2D eigenvalue weighted by molar-refractivity contribution is 0.472. The lowest BCUT2D eigenvalue weighted by atomic mass is 10.1. The van der Waals surface area contributed by atoms with Crippen LogP contribution in [0.4, 0.5) is 0 Å². The Morgan fingerprint density at radius 3 is 2.43 bits per heavy atom. The first-order valence-corrected chi connectivity index (χ1v) is 7.44. The Labute approximate surface area is 124 Å². The number of phenols is 2. The van der Waals surface area contributed by atoms with Crippen molar-refractivity contribution >= 4 is 22.7 Å². The van der Waals surface area contributed by atoms with Crippen LogP contribution in [0.5, 0.6) is 11.5 Å². The summed E-state index contributed by atoms with van der Waals surface area (Å²) in [5, 5.41) is 19.4. The van der Waals surface area contributed by atoms with Crippen LogP contribution in [0.15, 0.2) is 56.8 Å². The fraction of sp³-hybridized carbons (Fsp3) is 0.0625. The number of rotatable bonds is 2. The number of hydrogen-bond donors (Lipinski definition) is 2. The largest absolute Gasteiger partial charge is 0.508 e.